The van der Waals surface area contributed by atoms with Crippen molar-refractivity contribution in [2.75, 3.05) is 13.1 Å². The normalized spacial score (nSPS) is 26.9. The van der Waals surface area contributed by atoms with E-state index in [1.54, 1.807) is 6.92 Å². The van der Waals surface area contributed by atoms with Crippen molar-refractivity contribution in [2.24, 2.45) is 5.73 Å². The summed E-state index contributed by atoms with van der Waals surface area (Å²) in [6.07, 6.45) is 1.26. The van der Waals surface area contributed by atoms with Crippen LogP contribution in [0.3, 0.4) is 0 Å². The first-order valence-electron chi connectivity index (χ1n) is 4.89. The molecule has 0 aromatic heterocycles. The van der Waals surface area contributed by atoms with Crippen LogP contribution in [0.5, 0.6) is 0 Å². The quantitative estimate of drug-likeness (QED) is 0.628. The molecule has 3 amide bonds. The van der Waals surface area contributed by atoms with Crippen molar-refractivity contribution < 1.29 is 9.59 Å². The molecule has 1 atom stereocenters. The van der Waals surface area contributed by atoms with Crippen molar-refractivity contribution in [3.63, 3.8) is 0 Å². The van der Waals surface area contributed by atoms with Crippen molar-refractivity contribution in [1.29, 1.82) is 0 Å². The first kappa shape index (κ1) is 11.0. The van der Waals surface area contributed by atoms with E-state index in [1.165, 1.54) is 4.90 Å². The molecule has 0 spiro atoms. The van der Waals surface area contributed by atoms with E-state index in [9.17, 15) is 9.59 Å². The van der Waals surface area contributed by atoms with Crippen LogP contribution in [-0.2, 0) is 4.79 Å². The fourth-order valence-electron chi connectivity index (χ4n) is 1.44. The third kappa shape index (κ3) is 1.72. The minimum absolute atomic E-state index is 0.140. The van der Waals surface area contributed by atoms with Crippen LogP contribution in [0, 0.1) is 0 Å². The second-order valence-electron chi connectivity index (χ2n) is 3.71. The van der Waals surface area contributed by atoms with Crippen LogP contribution in [-0.4, -0.2) is 35.5 Å². The molecule has 1 aliphatic rings. The lowest BCUT2D eigenvalue weighted by Crippen LogP contribution is -2.43. The highest BCUT2D eigenvalue weighted by atomic mass is 16.2. The third-order valence-electron chi connectivity index (χ3n) is 2.64. The topological polar surface area (TPSA) is 75.4 Å². The highest BCUT2D eigenvalue weighted by molar-refractivity contribution is 6.06. The van der Waals surface area contributed by atoms with Crippen molar-refractivity contribution in [1.82, 2.24) is 10.2 Å². The zero-order chi connectivity index (χ0) is 10.8. The maximum absolute atomic E-state index is 11.8. The molecule has 1 unspecified atom stereocenters. The van der Waals surface area contributed by atoms with Gasteiger partial charge < -0.3 is 11.1 Å². The maximum atomic E-state index is 11.8. The molecule has 0 saturated carbocycles. The predicted molar refractivity (Wildman–Crippen MR) is 52.6 cm³/mol. The molecule has 0 aromatic carbocycles. The molecular weight excluding hydrogens is 182 g/mol. The highest BCUT2D eigenvalue weighted by Crippen LogP contribution is 2.20. The molecule has 0 aromatic rings. The zero-order valence-electron chi connectivity index (χ0n) is 8.67. The van der Waals surface area contributed by atoms with Crippen molar-refractivity contribution in [3.8, 4) is 0 Å². The SMILES string of the molecule is CCC1(C)NC(=O)N(CCCN)C1=O. The molecule has 14 heavy (non-hydrogen) atoms. The summed E-state index contributed by atoms with van der Waals surface area (Å²) in [6, 6.07) is -0.298. The Morgan fingerprint density at radius 1 is 1.50 bits per heavy atom. The Kier molecular flexibility index (Phi) is 3.10. The van der Waals surface area contributed by atoms with Gasteiger partial charge in [0, 0.05) is 6.54 Å². The lowest BCUT2D eigenvalue weighted by molar-refractivity contribution is -0.130. The van der Waals surface area contributed by atoms with Crippen molar-refractivity contribution in [3.05, 3.63) is 0 Å². The van der Waals surface area contributed by atoms with Gasteiger partial charge in [0.15, 0.2) is 0 Å². The largest absolute Gasteiger partial charge is 0.330 e. The number of hydrogen-bond acceptors (Lipinski definition) is 3. The van der Waals surface area contributed by atoms with E-state index >= 15 is 0 Å². The molecule has 0 radical (unpaired) electrons. The Hall–Kier alpha value is -1.10. The third-order valence-corrected chi connectivity index (χ3v) is 2.64. The van der Waals surface area contributed by atoms with Gasteiger partial charge in [0.2, 0.25) is 0 Å². The second kappa shape index (κ2) is 3.96. The van der Waals surface area contributed by atoms with Gasteiger partial charge in [-0.15, -0.1) is 0 Å². The standard InChI is InChI=1S/C9H17N3O2/c1-3-9(2)7(13)12(6-4-5-10)8(14)11-9/h3-6,10H2,1-2H3,(H,11,14). The lowest BCUT2D eigenvalue weighted by Gasteiger charge is -2.19. The van der Waals surface area contributed by atoms with Gasteiger partial charge in [-0.1, -0.05) is 6.92 Å². The Bertz CT molecular complexity index is 254. The van der Waals surface area contributed by atoms with Gasteiger partial charge in [-0.3, -0.25) is 9.69 Å². The van der Waals surface area contributed by atoms with Gasteiger partial charge in [-0.05, 0) is 26.3 Å². The van der Waals surface area contributed by atoms with Crippen LogP contribution in [0.15, 0.2) is 0 Å². The number of imide groups is 1. The van der Waals surface area contributed by atoms with Crippen LogP contribution in [0.25, 0.3) is 0 Å². The van der Waals surface area contributed by atoms with Gasteiger partial charge in [0.05, 0.1) is 0 Å². The van der Waals surface area contributed by atoms with E-state index in [2.05, 4.69) is 5.32 Å². The zero-order valence-corrected chi connectivity index (χ0v) is 8.67. The Balaban J connectivity index is 2.70. The van der Waals surface area contributed by atoms with Crippen LogP contribution in [0.2, 0.25) is 0 Å². The van der Waals surface area contributed by atoms with Gasteiger partial charge in [-0.2, -0.15) is 0 Å². The van der Waals surface area contributed by atoms with Crippen LogP contribution < -0.4 is 11.1 Å². The number of carbonyl (C=O) groups is 2. The number of urea groups is 1. The molecule has 1 rings (SSSR count). The first-order valence-corrected chi connectivity index (χ1v) is 4.89. The summed E-state index contributed by atoms with van der Waals surface area (Å²) in [7, 11) is 0. The molecule has 80 valence electrons. The Labute approximate surface area is 83.6 Å². The number of nitrogens with zero attached hydrogens (tertiary/aromatic N) is 1. The molecule has 0 bridgehead atoms. The van der Waals surface area contributed by atoms with Crippen LogP contribution in [0.1, 0.15) is 26.7 Å². The average molecular weight is 199 g/mol. The molecule has 3 N–H and O–H groups in total. The van der Waals surface area contributed by atoms with Gasteiger partial charge in [0.25, 0.3) is 5.91 Å². The van der Waals surface area contributed by atoms with E-state index in [0.29, 0.717) is 25.9 Å². The number of hydrogen-bond donors (Lipinski definition) is 2. The Morgan fingerprint density at radius 2 is 2.14 bits per heavy atom. The maximum Gasteiger partial charge on any atom is 0.325 e. The molecule has 1 saturated heterocycles. The lowest BCUT2D eigenvalue weighted by atomic mass is 9.99. The van der Waals surface area contributed by atoms with Gasteiger partial charge >= 0.3 is 6.03 Å². The van der Waals surface area contributed by atoms with Gasteiger partial charge in [0.1, 0.15) is 5.54 Å². The molecule has 5 heteroatoms. The predicted octanol–water partition coefficient (Wildman–Crippen LogP) is 0.0557. The van der Waals surface area contributed by atoms with E-state index in [1.807, 2.05) is 6.92 Å². The van der Waals surface area contributed by atoms with Crippen LogP contribution >= 0.6 is 0 Å². The number of nitrogens with one attached hydrogen (secondary N) is 1. The van der Waals surface area contributed by atoms with E-state index < -0.39 is 5.54 Å². The average Bonchev–Trinajstić information content (AvgIpc) is 2.37. The first-order chi connectivity index (χ1) is 6.55. The van der Waals surface area contributed by atoms with Crippen molar-refractivity contribution in [2.45, 2.75) is 32.2 Å². The summed E-state index contributed by atoms with van der Waals surface area (Å²) in [6.45, 7) is 4.52. The number of carbonyl (C=O) groups excluding carboxylic acids is 2. The number of nitrogens with two attached hydrogens (primary N) is 1. The molecule has 1 fully saturated rings. The van der Waals surface area contributed by atoms with E-state index in [-0.39, 0.29) is 11.9 Å². The van der Waals surface area contributed by atoms with Crippen LogP contribution in [0.4, 0.5) is 4.79 Å². The summed E-state index contributed by atoms with van der Waals surface area (Å²) in [5, 5.41) is 2.69. The smallest absolute Gasteiger partial charge is 0.325 e. The Morgan fingerprint density at radius 3 is 2.57 bits per heavy atom. The fraction of sp³-hybridized carbons (Fsp3) is 0.778. The minimum Gasteiger partial charge on any atom is -0.330 e. The fourth-order valence-corrected chi connectivity index (χ4v) is 1.44. The number of amides is 3. The molecule has 1 heterocycles. The molecule has 1 aliphatic heterocycles. The highest BCUT2D eigenvalue weighted by Gasteiger charge is 2.45. The monoisotopic (exact) mass is 199 g/mol. The van der Waals surface area contributed by atoms with E-state index in [0.717, 1.165) is 0 Å². The summed E-state index contributed by atoms with van der Waals surface area (Å²) < 4.78 is 0. The van der Waals surface area contributed by atoms with Crippen molar-refractivity contribution >= 4 is 11.9 Å². The summed E-state index contributed by atoms with van der Waals surface area (Å²) in [5.74, 6) is -0.140. The summed E-state index contributed by atoms with van der Waals surface area (Å²) in [5.41, 5.74) is 4.61. The molecule has 0 aliphatic carbocycles. The second-order valence-corrected chi connectivity index (χ2v) is 3.71. The van der Waals surface area contributed by atoms with E-state index in [4.69, 9.17) is 5.73 Å². The van der Waals surface area contributed by atoms with Gasteiger partial charge in [-0.25, -0.2) is 4.79 Å². The summed E-state index contributed by atoms with van der Waals surface area (Å²) >= 11 is 0. The summed E-state index contributed by atoms with van der Waals surface area (Å²) in [4.78, 5) is 24.4. The minimum atomic E-state index is -0.717. The number of rotatable bonds is 4. The molecule has 5 nitrogen and oxygen atoms in total. The molecular formula is C9H17N3O2.